The maximum Gasteiger partial charge on any atom is 0.289 e. The van der Waals surface area contributed by atoms with Gasteiger partial charge in [0.05, 0.1) is 5.02 Å². The van der Waals surface area contributed by atoms with Gasteiger partial charge in [-0.25, -0.2) is 9.97 Å². The van der Waals surface area contributed by atoms with Gasteiger partial charge in [-0.3, -0.25) is 4.57 Å². The lowest BCUT2D eigenvalue weighted by molar-refractivity contribution is 0.597. The molecule has 0 amide bonds. The highest BCUT2D eigenvalue weighted by Crippen LogP contribution is 2.27. The standard InChI is InChI=1S/C9H6ClN5O2S/c10-6-3-7-8(12-4-6)13-9(14-18(7,16)17)15-2-1-11-5-15/h1-5H,(H,12,13,14). The monoisotopic (exact) mass is 283 g/mol. The van der Waals surface area contributed by atoms with Gasteiger partial charge < -0.3 is 5.32 Å². The first-order valence-corrected chi connectivity index (χ1v) is 6.64. The number of halogens is 1. The van der Waals surface area contributed by atoms with Crippen LogP contribution in [0.1, 0.15) is 0 Å². The van der Waals surface area contributed by atoms with Gasteiger partial charge in [0.15, 0.2) is 5.82 Å². The van der Waals surface area contributed by atoms with Crippen LogP contribution >= 0.6 is 11.6 Å². The topological polar surface area (TPSA) is 89.2 Å². The molecule has 3 heterocycles. The summed E-state index contributed by atoms with van der Waals surface area (Å²) in [5.74, 6) is 0.313. The van der Waals surface area contributed by atoms with Crippen LogP contribution in [0.2, 0.25) is 5.02 Å². The van der Waals surface area contributed by atoms with Crippen LogP contribution in [0.5, 0.6) is 0 Å². The lowest BCUT2D eigenvalue weighted by Crippen LogP contribution is -2.27. The maximum absolute atomic E-state index is 12.0. The zero-order valence-electron chi connectivity index (χ0n) is 8.78. The molecule has 0 fully saturated rings. The van der Waals surface area contributed by atoms with E-state index in [1.54, 1.807) is 6.20 Å². The second-order valence-corrected chi connectivity index (χ2v) is 5.49. The number of hydrogen-bond donors (Lipinski definition) is 1. The number of sulfonamides is 1. The fourth-order valence-corrected chi connectivity index (χ4v) is 2.81. The Morgan fingerprint density at radius 2 is 2.22 bits per heavy atom. The number of fused-ring (bicyclic) bond motifs is 1. The van der Waals surface area contributed by atoms with Crippen LogP contribution in [0.15, 0.2) is 40.3 Å². The number of nitrogens with one attached hydrogen (secondary N) is 1. The molecule has 0 aliphatic carbocycles. The van der Waals surface area contributed by atoms with Crippen LogP contribution in [-0.4, -0.2) is 28.9 Å². The Hall–Kier alpha value is -1.93. The summed E-state index contributed by atoms with van der Waals surface area (Å²) in [6.45, 7) is 0. The largest absolute Gasteiger partial charge is 0.308 e. The van der Waals surface area contributed by atoms with E-state index >= 15 is 0 Å². The Morgan fingerprint density at radius 1 is 1.39 bits per heavy atom. The van der Waals surface area contributed by atoms with Crippen LogP contribution in [0, 0.1) is 0 Å². The average Bonchev–Trinajstić information content (AvgIpc) is 2.83. The minimum Gasteiger partial charge on any atom is -0.308 e. The van der Waals surface area contributed by atoms with E-state index in [-0.39, 0.29) is 21.7 Å². The molecule has 0 bridgehead atoms. The van der Waals surface area contributed by atoms with Crippen molar-refractivity contribution in [2.24, 2.45) is 4.40 Å². The summed E-state index contributed by atoms with van der Waals surface area (Å²) < 4.78 is 29.0. The number of anilines is 1. The van der Waals surface area contributed by atoms with E-state index in [0.717, 1.165) is 0 Å². The van der Waals surface area contributed by atoms with Crippen molar-refractivity contribution in [2.75, 3.05) is 5.32 Å². The van der Waals surface area contributed by atoms with E-state index in [0.29, 0.717) is 0 Å². The van der Waals surface area contributed by atoms with Crippen molar-refractivity contribution >= 4 is 33.4 Å². The molecule has 18 heavy (non-hydrogen) atoms. The second kappa shape index (κ2) is 3.79. The lowest BCUT2D eigenvalue weighted by Gasteiger charge is -2.17. The Bertz CT molecular complexity index is 738. The van der Waals surface area contributed by atoms with Crippen LogP contribution in [0.25, 0.3) is 0 Å². The minimum absolute atomic E-state index is 0.0427. The summed E-state index contributed by atoms with van der Waals surface area (Å²) >= 11 is 5.72. The van der Waals surface area contributed by atoms with Gasteiger partial charge >= 0.3 is 0 Å². The summed E-state index contributed by atoms with van der Waals surface area (Å²) in [7, 11) is -3.81. The molecule has 3 rings (SSSR count). The smallest absolute Gasteiger partial charge is 0.289 e. The number of hydrogen-bond acceptors (Lipinski definition) is 5. The quantitative estimate of drug-likeness (QED) is 0.777. The van der Waals surface area contributed by atoms with Gasteiger partial charge in [-0.15, -0.1) is 4.40 Å². The molecule has 2 aromatic rings. The van der Waals surface area contributed by atoms with Gasteiger partial charge in [-0.1, -0.05) is 11.6 Å². The molecule has 0 spiro atoms. The van der Waals surface area contributed by atoms with E-state index in [1.807, 2.05) is 0 Å². The molecule has 0 atom stereocenters. The van der Waals surface area contributed by atoms with Crippen LogP contribution in [0.4, 0.5) is 5.82 Å². The predicted octanol–water partition coefficient (Wildman–Crippen LogP) is 0.950. The molecule has 9 heteroatoms. The molecule has 1 N–H and O–H groups in total. The van der Waals surface area contributed by atoms with Crippen molar-refractivity contribution in [3.05, 3.63) is 36.0 Å². The fourth-order valence-electron chi connectivity index (χ4n) is 1.50. The summed E-state index contributed by atoms with van der Waals surface area (Å²) in [5.41, 5.74) is 0. The van der Waals surface area contributed by atoms with Crippen LogP contribution in [-0.2, 0) is 10.0 Å². The van der Waals surface area contributed by atoms with Crippen molar-refractivity contribution in [1.29, 1.82) is 0 Å². The van der Waals surface area contributed by atoms with Gasteiger partial charge in [-0.05, 0) is 6.07 Å². The average molecular weight is 284 g/mol. The molecule has 0 aromatic carbocycles. The molecule has 1 aliphatic heterocycles. The molecule has 0 saturated heterocycles. The van der Waals surface area contributed by atoms with Crippen molar-refractivity contribution in [3.63, 3.8) is 0 Å². The normalized spacial score (nSPS) is 16.6. The summed E-state index contributed by atoms with van der Waals surface area (Å²) in [4.78, 5) is 7.72. The molecule has 92 valence electrons. The third kappa shape index (κ3) is 1.75. The number of pyridine rings is 1. The zero-order chi connectivity index (χ0) is 12.8. The van der Waals surface area contributed by atoms with Crippen molar-refractivity contribution in [2.45, 2.75) is 4.90 Å². The third-order valence-corrected chi connectivity index (χ3v) is 3.77. The molecule has 0 unspecified atom stereocenters. The molecular formula is C9H6ClN5O2S. The number of nitrogens with zero attached hydrogens (tertiary/aromatic N) is 4. The highest BCUT2D eigenvalue weighted by molar-refractivity contribution is 7.90. The number of imidazole rings is 1. The second-order valence-electron chi connectivity index (χ2n) is 3.49. The molecule has 1 aliphatic rings. The van der Waals surface area contributed by atoms with E-state index in [4.69, 9.17) is 11.6 Å². The lowest BCUT2D eigenvalue weighted by atomic mass is 10.4. The summed E-state index contributed by atoms with van der Waals surface area (Å²) in [5, 5.41) is 3.04. The number of rotatable bonds is 0. The molecule has 0 saturated carbocycles. The SMILES string of the molecule is O=S1(=O)N=C(n2ccnc2)Nc2ncc(Cl)cc21. The van der Waals surface area contributed by atoms with Crippen molar-refractivity contribution in [3.8, 4) is 0 Å². The fraction of sp³-hybridized carbons (Fsp3) is 0. The molecule has 7 nitrogen and oxygen atoms in total. The first-order valence-electron chi connectivity index (χ1n) is 4.82. The van der Waals surface area contributed by atoms with Gasteiger partial charge in [0.2, 0.25) is 5.96 Å². The Balaban J connectivity index is 2.18. The first-order chi connectivity index (χ1) is 8.56. The predicted molar refractivity (Wildman–Crippen MR) is 65.1 cm³/mol. The number of aromatic nitrogens is 3. The van der Waals surface area contributed by atoms with Crippen LogP contribution < -0.4 is 5.32 Å². The zero-order valence-corrected chi connectivity index (χ0v) is 10.4. The third-order valence-electron chi connectivity index (χ3n) is 2.28. The van der Waals surface area contributed by atoms with Gasteiger partial charge in [0.1, 0.15) is 11.2 Å². The molecule has 2 aromatic heterocycles. The van der Waals surface area contributed by atoms with E-state index in [2.05, 4.69) is 19.7 Å². The van der Waals surface area contributed by atoms with Gasteiger partial charge in [-0.2, -0.15) is 8.42 Å². The van der Waals surface area contributed by atoms with E-state index < -0.39 is 10.0 Å². The molecular weight excluding hydrogens is 278 g/mol. The van der Waals surface area contributed by atoms with E-state index in [1.165, 1.54) is 29.4 Å². The van der Waals surface area contributed by atoms with E-state index in [9.17, 15) is 8.42 Å². The summed E-state index contributed by atoms with van der Waals surface area (Å²) in [6.07, 6.45) is 5.88. The first kappa shape index (κ1) is 11.2. The Morgan fingerprint density at radius 3 is 2.94 bits per heavy atom. The minimum atomic E-state index is -3.81. The Kier molecular flexibility index (Phi) is 2.35. The highest BCUT2D eigenvalue weighted by Gasteiger charge is 2.27. The van der Waals surface area contributed by atoms with Crippen molar-refractivity contribution < 1.29 is 8.42 Å². The highest BCUT2D eigenvalue weighted by atomic mass is 35.5. The Labute approximate surface area is 107 Å². The van der Waals surface area contributed by atoms with Gasteiger partial charge in [0, 0.05) is 18.6 Å². The summed E-state index contributed by atoms with van der Waals surface area (Å²) in [6, 6.07) is 1.31. The maximum atomic E-state index is 12.0. The molecule has 0 radical (unpaired) electrons. The van der Waals surface area contributed by atoms with Crippen LogP contribution in [0.3, 0.4) is 0 Å². The van der Waals surface area contributed by atoms with Gasteiger partial charge in [0.25, 0.3) is 10.0 Å². The van der Waals surface area contributed by atoms with Crippen molar-refractivity contribution in [1.82, 2.24) is 14.5 Å².